The normalized spacial score (nSPS) is 12.5. The molecular formula is C20H11F2N3O3. The molecule has 0 radical (unpaired) electrons. The van der Waals surface area contributed by atoms with E-state index in [-0.39, 0.29) is 18.0 Å². The molecule has 0 fully saturated rings. The first-order chi connectivity index (χ1) is 13.6. The molecule has 0 saturated carbocycles. The van der Waals surface area contributed by atoms with Crippen LogP contribution >= 0.6 is 0 Å². The van der Waals surface area contributed by atoms with E-state index in [1.807, 2.05) is 0 Å². The average molecular weight is 379 g/mol. The zero-order chi connectivity index (χ0) is 19.3. The maximum atomic E-state index is 14.1. The van der Waals surface area contributed by atoms with E-state index in [1.165, 1.54) is 12.4 Å². The van der Waals surface area contributed by atoms with Crippen LogP contribution in [-0.4, -0.2) is 21.3 Å². The Balaban J connectivity index is 1.67. The number of aromatic nitrogens is 3. The van der Waals surface area contributed by atoms with E-state index in [2.05, 4.69) is 9.97 Å². The van der Waals surface area contributed by atoms with Gasteiger partial charge in [-0.3, -0.25) is 9.36 Å². The summed E-state index contributed by atoms with van der Waals surface area (Å²) in [7, 11) is 0. The summed E-state index contributed by atoms with van der Waals surface area (Å²) in [5.41, 5.74) is 1.04. The molecule has 3 heterocycles. The summed E-state index contributed by atoms with van der Waals surface area (Å²) in [4.78, 5) is 21.5. The number of ether oxygens (including phenoxy) is 2. The first-order valence-electron chi connectivity index (χ1n) is 8.34. The van der Waals surface area contributed by atoms with Crippen molar-refractivity contribution in [2.45, 2.75) is 0 Å². The fourth-order valence-electron chi connectivity index (χ4n) is 3.06. The predicted octanol–water partition coefficient (Wildman–Crippen LogP) is 3.45. The van der Waals surface area contributed by atoms with E-state index in [4.69, 9.17) is 9.47 Å². The highest BCUT2D eigenvalue weighted by molar-refractivity contribution is 5.78. The molecule has 0 atom stereocenters. The van der Waals surface area contributed by atoms with Crippen molar-refractivity contribution in [3.63, 3.8) is 0 Å². The minimum atomic E-state index is -0.866. The Morgan fingerprint density at radius 2 is 1.82 bits per heavy atom. The van der Waals surface area contributed by atoms with Crippen molar-refractivity contribution in [2.24, 2.45) is 0 Å². The standard InChI is InChI=1S/C20H11F2N3O3/c21-12-2-5-16(13(22)8-12)25-9-23-15-4-3-14(24-19(15)20(25)26)11-1-6-17-18(7-11)28-10-27-17/h1-9H,10H2. The van der Waals surface area contributed by atoms with E-state index in [0.29, 0.717) is 28.8 Å². The van der Waals surface area contributed by atoms with Crippen LogP contribution in [0.15, 0.2) is 59.7 Å². The molecule has 0 unspecified atom stereocenters. The van der Waals surface area contributed by atoms with Crippen LogP contribution < -0.4 is 15.0 Å². The van der Waals surface area contributed by atoms with Crippen LogP contribution in [0, 0.1) is 11.6 Å². The van der Waals surface area contributed by atoms with E-state index >= 15 is 0 Å². The summed E-state index contributed by atoms with van der Waals surface area (Å²) in [5, 5.41) is 0. The molecule has 0 aliphatic carbocycles. The third kappa shape index (κ3) is 2.58. The molecule has 0 spiro atoms. The maximum absolute atomic E-state index is 14.1. The van der Waals surface area contributed by atoms with Gasteiger partial charge in [0, 0.05) is 11.6 Å². The van der Waals surface area contributed by atoms with Crippen molar-refractivity contribution in [3.05, 3.63) is 76.8 Å². The highest BCUT2D eigenvalue weighted by Crippen LogP contribution is 2.35. The summed E-state index contributed by atoms with van der Waals surface area (Å²) in [5.74, 6) is -0.363. The molecule has 4 aromatic rings. The van der Waals surface area contributed by atoms with Gasteiger partial charge in [-0.25, -0.2) is 18.7 Å². The largest absolute Gasteiger partial charge is 0.454 e. The van der Waals surface area contributed by atoms with Gasteiger partial charge in [0.1, 0.15) is 18.0 Å². The third-order valence-corrected chi connectivity index (χ3v) is 4.45. The van der Waals surface area contributed by atoms with Crippen molar-refractivity contribution < 1.29 is 18.3 Å². The summed E-state index contributed by atoms with van der Waals surface area (Å²) < 4.78 is 39.0. The minimum absolute atomic E-state index is 0.0707. The Kier molecular flexibility index (Phi) is 3.58. The van der Waals surface area contributed by atoms with E-state index in [1.54, 1.807) is 30.3 Å². The van der Waals surface area contributed by atoms with E-state index in [0.717, 1.165) is 16.2 Å². The molecule has 0 amide bonds. The van der Waals surface area contributed by atoms with Gasteiger partial charge in [0.05, 0.1) is 16.9 Å². The number of halogens is 2. The summed E-state index contributed by atoms with van der Waals surface area (Å²) in [6.07, 6.45) is 1.20. The lowest BCUT2D eigenvalue weighted by Crippen LogP contribution is -2.21. The number of hydrogen-bond donors (Lipinski definition) is 0. The SMILES string of the molecule is O=c1c2nc(-c3ccc4c(c3)OCO4)ccc2ncn1-c1ccc(F)cc1F. The van der Waals surface area contributed by atoms with Crippen LogP contribution in [0.1, 0.15) is 0 Å². The smallest absolute Gasteiger partial charge is 0.284 e. The topological polar surface area (TPSA) is 66.2 Å². The molecule has 0 bridgehead atoms. The van der Waals surface area contributed by atoms with Gasteiger partial charge in [-0.05, 0) is 42.5 Å². The highest BCUT2D eigenvalue weighted by atomic mass is 19.1. The minimum Gasteiger partial charge on any atom is -0.454 e. The van der Waals surface area contributed by atoms with Crippen LogP contribution in [-0.2, 0) is 0 Å². The summed E-state index contributed by atoms with van der Waals surface area (Å²) in [6, 6.07) is 11.7. The predicted molar refractivity (Wildman–Crippen MR) is 96.6 cm³/mol. The Morgan fingerprint density at radius 1 is 0.964 bits per heavy atom. The first-order valence-corrected chi connectivity index (χ1v) is 8.34. The van der Waals surface area contributed by atoms with E-state index in [9.17, 15) is 13.6 Å². The number of pyridine rings is 1. The van der Waals surface area contributed by atoms with Gasteiger partial charge in [0.15, 0.2) is 17.0 Å². The number of fused-ring (bicyclic) bond motifs is 2. The molecule has 5 rings (SSSR count). The van der Waals surface area contributed by atoms with Gasteiger partial charge >= 0.3 is 0 Å². The van der Waals surface area contributed by atoms with Gasteiger partial charge in [0.2, 0.25) is 6.79 Å². The van der Waals surface area contributed by atoms with Crippen molar-refractivity contribution in [3.8, 4) is 28.4 Å². The molecule has 6 nitrogen and oxygen atoms in total. The van der Waals surface area contributed by atoms with Gasteiger partial charge in [-0.1, -0.05) is 0 Å². The first kappa shape index (κ1) is 16.4. The number of rotatable bonds is 2. The van der Waals surface area contributed by atoms with E-state index < -0.39 is 17.2 Å². The molecule has 0 saturated heterocycles. The molecule has 0 N–H and O–H groups in total. The molecular weight excluding hydrogens is 368 g/mol. The van der Waals surface area contributed by atoms with Crippen molar-refractivity contribution >= 4 is 11.0 Å². The lowest BCUT2D eigenvalue weighted by molar-refractivity contribution is 0.174. The second-order valence-corrected chi connectivity index (χ2v) is 6.15. The zero-order valence-electron chi connectivity index (χ0n) is 14.2. The molecule has 2 aromatic carbocycles. The average Bonchev–Trinajstić information content (AvgIpc) is 3.17. The molecule has 1 aliphatic rings. The summed E-state index contributed by atoms with van der Waals surface area (Å²) in [6.45, 7) is 0.155. The second-order valence-electron chi connectivity index (χ2n) is 6.15. The van der Waals surface area contributed by atoms with Crippen LogP contribution in [0.25, 0.3) is 28.0 Å². The lowest BCUT2D eigenvalue weighted by atomic mass is 10.1. The lowest BCUT2D eigenvalue weighted by Gasteiger charge is -2.08. The Morgan fingerprint density at radius 3 is 2.68 bits per heavy atom. The summed E-state index contributed by atoms with van der Waals surface area (Å²) >= 11 is 0. The van der Waals surface area contributed by atoms with Crippen LogP contribution in [0.4, 0.5) is 8.78 Å². The highest BCUT2D eigenvalue weighted by Gasteiger charge is 2.16. The van der Waals surface area contributed by atoms with Crippen LogP contribution in [0.2, 0.25) is 0 Å². The Hall–Kier alpha value is -3.81. The van der Waals surface area contributed by atoms with Gasteiger partial charge in [0.25, 0.3) is 5.56 Å². The van der Waals surface area contributed by atoms with Gasteiger partial charge in [-0.15, -0.1) is 0 Å². The number of hydrogen-bond acceptors (Lipinski definition) is 5. The monoisotopic (exact) mass is 379 g/mol. The molecule has 1 aliphatic heterocycles. The maximum Gasteiger partial charge on any atom is 0.284 e. The van der Waals surface area contributed by atoms with Gasteiger partial charge in [-0.2, -0.15) is 0 Å². The fourth-order valence-corrected chi connectivity index (χ4v) is 3.06. The molecule has 8 heteroatoms. The molecule has 28 heavy (non-hydrogen) atoms. The molecule has 2 aromatic heterocycles. The number of nitrogens with zero attached hydrogens (tertiary/aromatic N) is 3. The van der Waals surface area contributed by atoms with Crippen molar-refractivity contribution in [2.75, 3.05) is 6.79 Å². The second kappa shape index (κ2) is 6.12. The Labute approximate surface area is 156 Å². The third-order valence-electron chi connectivity index (χ3n) is 4.45. The Bertz CT molecular complexity index is 1300. The van der Waals surface area contributed by atoms with Crippen molar-refractivity contribution in [1.82, 2.24) is 14.5 Å². The quantitative estimate of drug-likeness (QED) is 0.534. The van der Waals surface area contributed by atoms with Crippen LogP contribution in [0.3, 0.4) is 0 Å². The zero-order valence-corrected chi connectivity index (χ0v) is 14.2. The van der Waals surface area contributed by atoms with Crippen molar-refractivity contribution in [1.29, 1.82) is 0 Å². The number of benzene rings is 2. The van der Waals surface area contributed by atoms with Crippen LogP contribution in [0.5, 0.6) is 11.5 Å². The molecule has 138 valence electrons. The fraction of sp³-hybridized carbons (Fsp3) is 0.0500. The van der Waals surface area contributed by atoms with Gasteiger partial charge < -0.3 is 9.47 Å².